The van der Waals surface area contributed by atoms with E-state index in [0.29, 0.717) is 5.02 Å². The Morgan fingerprint density at radius 3 is 2.82 bits per heavy atom. The van der Waals surface area contributed by atoms with Gasteiger partial charge in [0.05, 0.1) is 16.9 Å². The van der Waals surface area contributed by atoms with Gasteiger partial charge in [0.25, 0.3) is 0 Å². The molecule has 1 saturated carbocycles. The molecule has 2 rings (SSSR count). The van der Waals surface area contributed by atoms with Gasteiger partial charge in [0.15, 0.2) is 0 Å². The normalized spacial score (nSPS) is 29.9. The molecule has 17 heavy (non-hydrogen) atoms. The molecule has 1 N–H and O–H groups in total. The number of rotatable bonds is 2. The van der Waals surface area contributed by atoms with Crippen molar-refractivity contribution in [3.63, 3.8) is 0 Å². The Morgan fingerprint density at radius 2 is 2.24 bits per heavy atom. The molecular formula is C13H21ClN2O. The van der Waals surface area contributed by atoms with E-state index in [1.165, 1.54) is 6.42 Å². The predicted molar refractivity (Wildman–Crippen MR) is 69.2 cm³/mol. The zero-order valence-electron chi connectivity index (χ0n) is 10.8. The summed E-state index contributed by atoms with van der Waals surface area (Å²) in [5.41, 5.74) is -0.00260. The molecule has 1 aromatic heterocycles. The first-order valence-electron chi connectivity index (χ1n) is 6.42. The van der Waals surface area contributed by atoms with Gasteiger partial charge < -0.3 is 5.11 Å². The molecule has 0 saturated heterocycles. The van der Waals surface area contributed by atoms with Crippen molar-refractivity contribution >= 4 is 11.6 Å². The van der Waals surface area contributed by atoms with E-state index >= 15 is 0 Å². The molecule has 0 aromatic carbocycles. The van der Waals surface area contributed by atoms with Gasteiger partial charge in [-0.05, 0) is 32.6 Å². The third-order valence-electron chi connectivity index (χ3n) is 3.91. The fourth-order valence-electron chi connectivity index (χ4n) is 2.82. The van der Waals surface area contributed by atoms with E-state index in [4.69, 9.17) is 11.6 Å². The van der Waals surface area contributed by atoms with Crippen LogP contribution in [0.15, 0.2) is 6.20 Å². The first-order valence-corrected chi connectivity index (χ1v) is 6.80. The highest BCUT2D eigenvalue weighted by Gasteiger charge is 2.42. The Balaban J connectivity index is 2.47. The molecule has 0 bridgehead atoms. The maximum Gasteiger partial charge on any atom is 0.110 e. The van der Waals surface area contributed by atoms with Crippen LogP contribution < -0.4 is 0 Å². The molecule has 0 spiro atoms. The monoisotopic (exact) mass is 256 g/mol. The summed E-state index contributed by atoms with van der Waals surface area (Å²) < 4.78 is 1.87. The van der Waals surface area contributed by atoms with Crippen LogP contribution in [-0.4, -0.2) is 14.9 Å². The molecule has 1 heterocycles. The minimum atomic E-state index is -0.809. The third-order valence-corrected chi connectivity index (χ3v) is 4.19. The Kier molecular flexibility index (Phi) is 3.50. The quantitative estimate of drug-likeness (QED) is 0.879. The molecule has 1 aliphatic carbocycles. The minimum absolute atomic E-state index is 0.218. The second-order valence-corrected chi connectivity index (χ2v) is 5.86. The van der Waals surface area contributed by atoms with Crippen LogP contribution in [0.25, 0.3) is 0 Å². The van der Waals surface area contributed by atoms with E-state index in [-0.39, 0.29) is 12.0 Å². The summed E-state index contributed by atoms with van der Waals surface area (Å²) in [6.45, 7) is 6.22. The lowest BCUT2D eigenvalue weighted by Crippen LogP contribution is -2.39. The lowest BCUT2D eigenvalue weighted by Gasteiger charge is -2.39. The number of aromatic nitrogens is 2. The maximum absolute atomic E-state index is 11.0. The molecular weight excluding hydrogens is 236 g/mol. The molecule has 3 nitrogen and oxygen atoms in total. The molecule has 2 atom stereocenters. The summed E-state index contributed by atoms with van der Waals surface area (Å²) in [4.78, 5) is 0. The van der Waals surface area contributed by atoms with Gasteiger partial charge in [0, 0.05) is 6.04 Å². The Labute approximate surface area is 108 Å². The van der Waals surface area contributed by atoms with E-state index in [2.05, 4.69) is 25.9 Å². The SMILES string of the molecule is CC(C)n1ncc(Cl)c1C1(O)CCCCC1C. The predicted octanol–water partition coefficient (Wildman–Crippen LogP) is 3.52. The Morgan fingerprint density at radius 1 is 1.53 bits per heavy atom. The molecule has 0 amide bonds. The second-order valence-electron chi connectivity index (χ2n) is 5.45. The van der Waals surface area contributed by atoms with Crippen LogP contribution in [-0.2, 0) is 5.60 Å². The fourth-order valence-corrected chi connectivity index (χ4v) is 3.11. The highest BCUT2D eigenvalue weighted by atomic mass is 35.5. The average molecular weight is 257 g/mol. The summed E-state index contributed by atoms with van der Waals surface area (Å²) in [6.07, 6.45) is 5.73. The zero-order chi connectivity index (χ0) is 12.6. The minimum Gasteiger partial charge on any atom is -0.383 e. The molecule has 1 aliphatic rings. The maximum atomic E-state index is 11.0. The average Bonchev–Trinajstić information content (AvgIpc) is 2.65. The van der Waals surface area contributed by atoms with Crippen LogP contribution in [0.3, 0.4) is 0 Å². The van der Waals surface area contributed by atoms with Crippen LogP contribution in [0, 0.1) is 5.92 Å². The number of aliphatic hydroxyl groups is 1. The van der Waals surface area contributed by atoms with Crippen molar-refractivity contribution in [2.24, 2.45) is 5.92 Å². The van der Waals surface area contributed by atoms with Gasteiger partial charge in [-0.25, -0.2) is 0 Å². The van der Waals surface area contributed by atoms with Crippen LogP contribution >= 0.6 is 11.6 Å². The van der Waals surface area contributed by atoms with Crippen molar-refractivity contribution < 1.29 is 5.11 Å². The van der Waals surface area contributed by atoms with Gasteiger partial charge in [-0.15, -0.1) is 0 Å². The first-order chi connectivity index (χ1) is 7.97. The van der Waals surface area contributed by atoms with E-state index < -0.39 is 5.60 Å². The Hall–Kier alpha value is -0.540. The van der Waals surface area contributed by atoms with Gasteiger partial charge in [-0.3, -0.25) is 4.68 Å². The van der Waals surface area contributed by atoms with Crippen LogP contribution in [0.4, 0.5) is 0 Å². The summed E-state index contributed by atoms with van der Waals surface area (Å²) in [6, 6.07) is 0.218. The summed E-state index contributed by atoms with van der Waals surface area (Å²) in [5.74, 6) is 0.239. The molecule has 0 aliphatic heterocycles. The van der Waals surface area contributed by atoms with E-state index in [9.17, 15) is 5.11 Å². The molecule has 1 fully saturated rings. The highest BCUT2D eigenvalue weighted by molar-refractivity contribution is 6.31. The molecule has 0 radical (unpaired) electrons. The van der Waals surface area contributed by atoms with Gasteiger partial charge in [0.2, 0.25) is 0 Å². The lowest BCUT2D eigenvalue weighted by molar-refractivity contribution is -0.0546. The number of hydrogen-bond donors (Lipinski definition) is 1. The van der Waals surface area contributed by atoms with Crippen molar-refractivity contribution in [3.05, 3.63) is 16.9 Å². The molecule has 1 aromatic rings. The summed E-state index contributed by atoms with van der Waals surface area (Å²) in [7, 11) is 0. The van der Waals surface area contributed by atoms with Crippen molar-refractivity contribution in [2.45, 2.75) is 58.1 Å². The van der Waals surface area contributed by atoms with E-state index in [1.807, 2.05) is 4.68 Å². The van der Waals surface area contributed by atoms with Gasteiger partial charge >= 0.3 is 0 Å². The van der Waals surface area contributed by atoms with Gasteiger partial charge in [0.1, 0.15) is 5.60 Å². The van der Waals surface area contributed by atoms with Gasteiger partial charge in [-0.2, -0.15) is 5.10 Å². The van der Waals surface area contributed by atoms with Crippen molar-refractivity contribution in [1.82, 2.24) is 9.78 Å². The summed E-state index contributed by atoms with van der Waals surface area (Å²) in [5, 5.41) is 15.9. The third kappa shape index (κ3) is 2.11. The number of nitrogens with zero attached hydrogens (tertiary/aromatic N) is 2. The summed E-state index contributed by atoms with van der Waals surface area (Å²) >= 11 is 6.23. The van der Waals surface area contributed by atoms with Crippen LogP contribution in [0.5, 0.6) is 0 Å². The molecule has 96 valence electrons. The highest BCUT2D eigenvalue weighted by Crippen LogP contribution is 2.44. The lowest BCUT2D eigenvalue weighted by atomic mass is 9.74. The van der Waals surface area contributed by atoms with Crippen LogP contribution in [0.1, 0.15) is 58.2 Å². The zero-order valence-corrected chi connectivity index (χ0v) is 11.5. The smallest absolute Gasteiger partial charge is 0.110 e. The van der Waals surface area contributed by atoms with E-state index in [1.54, 1.807) is 6.20 Å². The molecule has 4 heteroatoms. The molecule has 2 unspecified atom stereocenters. The van der Waals surface area contributed by atoms with Crippen molar-refractivity contribution in [1.29, 1.82) is 0 Å². The fraction of sp³-hybridized carbons (Fsp3) is 0.769. The van der Waals surface area contributed by atoms with Crippen molar-refractivity contribution in [2.75, 3.05) is 0 Å². The van der Waals surface area contributed by atoms with Gasteiger partial charge in [-0.1, -0.05) is 31.4 Å². The van der Waals surface area contributed by atoms with Crippen LogP contribution in [0.2, 0.25) is 5.02 Å². The topological polar surface area (TPSA) is 38.0 Å². The first kappa shape index (κ1) is 12.9. The number of halogens is 1. The van der Waals surface area contributed by atoms with Crippen molar-refractivity contribution in [3.8, 4) is 0 Å². The largest absolute Gasteiger partial charge is 0.383 e. The number of hydrogen-bond acceptors (Lipinski definition) is 2. The standard InChI is InChI=1S/C13H21ClN2O/c1-9(2)16-12(11(14)8-15-16)13(17)7-5-4-6-10(13)3/h8-10,17H,4-7H2,1-3H3. The van der Waals surface area contributed by atoms with E-state index in [0.717, 1.165) is 25.0 Å². The Bertz CT molecular complexity index is 402. The second kappa shape index (κ2) is 4.62.